The van der Waals surface area contributed by atoms with E-state index < -0.39 is 0 Å². The highest BCUT2D eigenvalue weighted by Crippen LogP contribution is 2.25. The first-order valence-electron chi connectivity index (χ1n) is 7.33. The van der Waals surface area contributed by atoms with Crippen molar-refractivity contribution in [1.29, 1.82) is 0 Å². The Morgan fingerprint density at radius 3 is 2.65 bits per heavy atom. The van der Waals surface area contributed by atoms with E-state index in [0.717, 1.165) is 30.6 Å². The van der Waals surface area contributed by atoms with Gasteiger partial charge in [-0.05, 0) is 30.2 Å². The van der Waals surface area contributed by atoms with Gasteiger partial charge in [0.25, 0.3) is 5.91 Å². The van der Waals surface area contributed by atoms with E-state index in [9.17, 15) is 9.59 Å². The van der Waals surface area contributed by atoms with Gasteiger partial charge in [0.15, 0.2) is 0 Å². The van der Waals surface area contributed by atoms with Crippen molar-refractivity contribution in [3.8, 4) is 11.1 Å². The molecule has 2 aromatic rings. The Kier molecular flexibility index (Phi) is 3.92. The standard InChI is InChI=1S/C16H17N5O2/c1-10(22)20-14-8-11(3-4-18-14)12-7-13(15(17)19-9-12)16(23)21-5-2-6-21/h3-4,7-9H,2,5-6H2,1H3,(H2,17,19)(H,18,20,22). The maximum absolute atomic E-state index is 12.4. The van der Waals surface area contributed by atoms with Crippen molar-refractivity contribution >= 4 is 23.5 Å². The van der Waals surface area contributed by atoms with Gasteiger partial charge in [-0.25, -0.2) is 9.97 Å². The fraction of sp³-hybridized carbons (Fsp3) is 0.250. The topological polar surface area (TPSA) is 101 Å². The lowest BCUT2D eigenvalue weighted by atomic mass is 10.0. The van der Waals surface area contributed by atoms with Crippen molar-refractivity contribution < 1.29 is 9.59 Å². The molecule has 0 aliphatic carbocycles. The summed E-state index contributed by atoms with van der Waals surface area (Å²) in [5, 5.41) is 2.63. The molecule has 23 heavy (non-hydrogen) atoms. The minimum atomic E-state index is -0.196. The van der Waals surface area contributed by atoms with Crippen LogP contribution in [-0.4, -0.2) is 39.8 Å². The summed E-state index contributed by atoms with van der Waals surface area (Å²) in [6.45, 7) is 2.93. The first-order chi connectivity index (χ1) is 11.0. The molecule has 2 amide bonds. The maximum atomic E-state index is 12.4. The SMILES string of the molecule is CC(=O)Nc1cc(-c2cnc(N)c(C(=O)N3CCC3)c2)ccn1. The number of nitrogens with zero attached hydrogens (tertiary/aromatic N) is 3. The van der Waals surface area contributed by atoms with E-state index in [4.69, 9.17) is 5.73 Å². The van der Waals surface area contributed by atoms with E-state index in [-0.39, 0.29) is 17.6 Å². The molecule has 7 heteroatoms. The van der Waals surface area contributed by atoms with E-state index in [1.165, 1.54) is 6.92 Å². The lowest BCUT2D eigenvalue weighted by Gasteiger charge is -2.31. The Morgan fingerprint density at radius 2 is 2.00 bits per heavy atom. The summed E-state index contributed by atoms with van der Waals surface area (Å²) < 4.78 is 0. The Hall–Kier alpha value is -2.96. The molecule has 7 nitrogen and oxygen atoms in total. The second-order valence-corrected chi connectivity index (χ2v) is 5.41. The molecule has 0 aromatic carbocycles. The van der Waals surface area contributed by atoms with Crippen molar-refractivity contribution in [2.75, 3.05) is 24.1 Å². The zero-order valence-corrected chi connectivity index (χ0v) is 12.7. The summed E-state index contributed by atoms with van der Waals surface area (Å²) in [6, 6.07) is 5.25. The van der Waals surface area contributed by atoms with Crippen LogP contribution in [0.2, 0.25) is 0 Å². The van der Waals surface area contributed by atoms with Crippen LogP contribution in [0.4, 0.5) is 11.6 Å². The third-order valence-electron chi connectivity index (χ3n) is 3.69. The zero-order chi connectivity index (χ0) is 16.4. The average molecular weight is 311 g/mol. The van der Waals surface area contributed by atoms with Gasteiger partial charge in [0, 0.05) is 38.0 Å². The van der Waals surface area contributed by atoms with E-state index in [2.05, 4.69) is 15.3 Å². The lowest BCUT2D eigenvalue weighted by molar-refractivity contribution is -0.114. The minimum Gasteiger partial charge on any atom is -0.383 e. The number of pyridine rings is 2. The van der Waals surface area contributed by atoms with Crippen LogP contribution < -0.4 is 11.1 Å². The molecule has 1 aliphatic rings. The number of amides is 2. The van der Waals surface area contributed by atoms with Crippen LogP contribution in [0.25, 0.3) is 11.1 Å². The van der Waals surface area contributed by atoms with Gasteiger partial charge in [0.05, 0.1) is 5.56 Å². The van der Waals surface area contributed by atoms with Crippen molar-refractivity contribution in [1.82, 2.24) is 14.9 Å². The number of nitrogens with two attached hydrogens (primary N) is 1. The number of hydrogen-bond donors (Lipinski definition) is 2. The molecule has 0 saturated carbocycles. The molecule has 0 unspecified atom stereocenters. The summed E-state index contributed by atoms with van der Waals surface area (Å²) >= 11 is 0. The Bertz CT molecular complexity index is 771. The number of carbonyl (C=O) groups excluding carboxylic acids is 2. The number of carbonyl (C=O) groups is 2. The van der Waals surface area contributed by atoms with Gasteiger partial charge in [0.2, 0.25) is 5.91 Å². The largest absolute Gasteiger partial charge is 0.383 e. The van der Waals surface area contributed by atoms with Crippen LogP contribution in [0.5, 0.6) is 0 Å². The predicted molar refractivity (Wildman–Crippen MR) is 86.7 cm³/mol. The molecule has 3 rings (SSSR count). The third kappa shape index (κ3) is 3.13. The van der Waals surface area contributed by atoms with E-state index >= 15 is 0 Å². The third-order valence-corrected chi connectivity index (χ3v) is 3.69. The molecule has 1 fully saturated rings. The fourth-order valence-electron chi connectivity index (χ4n) is 2.35. The van der Waals surface area contributed by atoms with E-state index in [1.54, 1.807) is 35.5 Å². The highest BCUT2D eigenvalue weighted by molar-refractivity contribution is 6.00. The molecule has 0 bridgehead atoms. The molecule has 118 valence electrons. The maximum Gasteiger partial charge on any atom is 0.257 e. The number of nitrogen functional groups attached to an aromatic ring is 1. The molecule has 0 atom stereocenters. The Morgan fingerprint density at radius 1 is 1.22 bits per heavy atom. The number of hydrogen-bond acceptors (Lipinski definition) is 5. The van der Waals surface area contributed by atoms with Crippen molar-refractivity contribution in [2.45, 2.75) is 13.3 Å². The second-order valence-electron chi connectivity index (χ2n) is 5.41. The van der Waals surface area contributed by atoms with Gasteiger partial charge in [-0.3, -0.25) is 9.59 Å². The van der Waals surface area contributed by atoms with Gasteiger partial charge in [0.1, 0.15) is 11.6 Å². The number of aromatic nitrogens is 2. The van der Waals surface area contributed by atoms with Crippen molar-refractivity contribution in [3.63, 3.8) is 0 Å². The number of rotatable bonds is 3. The molecular formula is C16H17N5O2. The molecule has 0 radical (unpaired) electrons. The second kappa shape index (κ2) is 6.04. The number of anilines is 2. The normalized spacial score (nSPS) is 13.3. The molecule has 2 aromatic heterocycles. The molecule has 3 N–H and O–H groups in total. The first kappa shape index (κ1) is 15.0. The lowest BCUT2D eigenvalue weighted by Crippen LogP contribution is -2.42. The van der Waals surface area contributed by atoms with Gasteiger partial charge >= 0.3 is 0 Å². The predicted octanol–water partition coefficient (Wildman–Crippen LogP) is 1.53. The minimum absolute atomic E-state index is 0.0979. The highest BCUT2D eigenvalue weighted by atomic mass is 16.2. The van der Waals surface area contributed by atoms with E-state index in [1.807, 2.05) is 0 Å². The van der Waals surface area contributed by atoms with Crippen LogP contribution >= 0.6 is 0 Å². The fourth-order valence-corrected chi connectivity index (χ4v) is 2.35. The zero-order valence-electron chi connectivity index (χ0n) is 12.7. The van der Waals surface area contributed by atoms with Gasteiger partial charge in [-0.2, -0.15) is 0 Å². The summed E-state index contributed by atoms with van der Waals surface area (Å²) in [5.74, 6) is 0.377. The summed E-state index contributed by atoms with van der Waals surface area (Å²) in [7, 11) is 0. The quantitative estimate of drug-likeness (QED) is 0.895. The number of nitrogens with one attached hydrogen (secondary N) is 1. The summed E-state index contributed by atoms with van der Waals surface area (Å²) in [6.07, 6.45) is 4.21. The Labute approximate surface area is 133 Å². The van der Waals surface area contributed by atoms with Gasteiger partial charge in [-0.15, -0.1) is 0 Å². The van der Waals surface area contributed by atoms with Crippen molar-refractivity contribution in [2.24, 2.45) is 0 Å². The first-order valence-corrected chi connectivity index (χ1v) is 7.33. The number of likely N-dealkylation sites (tertiary alicyclic amines) is 1. The van der Waals surface area contributed by atoms with Crippen LogP contribution in [0.1, 0.15) is 23.7 Å². The van der Waals surface area contributed by atoms with Crippen LogP contribution in [-0.2, 0) is 4.79 Å². The smallest absolute Gasteiger partial charge is 0.257 e. The van der Waals surface area contributed by atoms with E-state index in [0.29, 0.717) is 11.4 Å². The van der Waals surface area contributed by atoms with Crippen LogP contribution in [0.15, 0.2) is 30.6 Å². The van der Waals surface area contributed by atoms with Gasteiger partial charge < -0.3 is 16.0 Å². The molecular weight excluding hydrogens is 294 g/mol. The average Bonchev–Trinajstić information content (AvgIpc) is 2.45. The molecule has 1 saturated heterocycles. The van der Waals surface area contributed by atoms with Gasteiger partial charge in [-0.1, -0.05) is 0 Å². The summed E-state index contributed by atoms with van der Waals surface area (Å²) in [4.78, 5) is 33.5. The molecule has 3 heterocycles. The Balaban J connectivity index is 1.94. The van der Waals surface area contributed by atoms with Crippen molar-refractivity contribution in [3.05, 3.63) is 36.2 Å². The molecule has 1 aliphatic heterocycles. The highest BCUT2D eigenvalue weighted by Gasteiger charge is 2.24. The summed E-state index contributed by atoms with van der Waals surface area (Å²) in [5.41, 5.74) is 7.80. The molecule has 0 spiro atoms. The monoisotopic (exact) mass is 311 g/mol. The van der Waals surface area contributed by atoms with Crippen LogP contribution in [0, 0.1) is 0 Å². The van der Waals surface area contributed by atoms with Crippen LogP contribution in [0.3, 0.4) is 0 Å².